The number of hydrogen-bond acceptors (Lipinski definition) is 4. The number of carbonyl (C=O) groups excluding carboxylic acids is 1. The minimum absolute atomic E-state index is 0.230. The highest BCUT2D eigenvalue weighted by molar-refractivity contribution is 6.30. The predicted octanol–water partition coefficient (Wildman–Crippen LogP) is 5.27. The van der Waals surface area contributed by atoms with Crippen molar-refractivity contribution >= 4 is 29.1 Å². The second kappa shape index (κ2) is 13.0. The fourth-order valence-electron chi connectivity index (χ4n) is 5.26. The first-order chi connectivity index (χ1) is 17.5. The lowest BCUT2D eigenvalue weighted by atomic mass is 9.88. The number of likely N-dealkylation sites (tertiary alicyclic amines) is 1. The first-order valence-electron chi connectivity index (χ1n) is 13.2. The van der Waals surface area contributed by atoms with Gasteiger partial charge in [0.15, 0.2) is 0 Å². The third-order valence-electron chi connectivity index (χ3n) is 7.19. The second-order valence-electron chi connectivity index (χ2n) is 9.73. The number of piperidine rings is 1. The summed E-state index contributed by atoms with van der Waals surface area (Å²) in [6.45, 7) is 3.19. The number of carboxylic acid groups (broad SMARTS) is 1. The summed E-state index contributed by atoms with van der Waals surface area (Å²) in [5, 5.41) is 12.8. The van der Waals surface area contributed by atoms with Gasteiger partial charge in [0.05, 0.1) is 5.69 Å². The van der Waals surface area contributed by atoms with Crippen LogP contribution in [0.2, 0.25) is 5.02 Å². The fraction of sp³-hybridized carbons (Fsp3) is 0.483. The van der Waals surface area contributed by atoms with E-state index in [4.69, 9.17) is 21.7 Å². The van der Waals surface area contributed by atoms with Gasteiger partial charge in [-0.15, -0.1) is 0 Å². The van der Waals surface area contributed by atoms with Gasteiger partial charge in [-0.05, 0) is 92.9 Å². The lowest BCUT2D eigenvalue weighted by Gasteiger charge is -2.30. The van der Waals surface area contributed by atoms with Crippen LogP contribution in [0.15, 0.2) is 42.1 Å². The molecule has 1 aromatic carbocycles. The van der Waals surface area contributed by atoms with E-state index < -0.39 is 5.97 Å². The van der Waals surface area contributed by atoms with Crippen molar-refractivity contribution in [2.24, 2.45) is 0 Å². The van der Waals surface area contributed by atoms with Crippen molar-refractivity contribution in [2.45, 2.75) is 64.2 Å². The normalized spacial score (nSPS) is 15.3. The van der Waals surface area contributed by atoms with Gasteiger partial charge in [0.2, 0.25) is 5.91 Å². The molecule has 0 bridgehead atoms. The standard InChI is InChI=1S/C29H36ClN3O3/c30-24-11-12-25-23(20-24)10-9-22-6-4-17-32-29(22)28(25)21-13-18-33(19-14-21)26(34)7-5-16-31-15-3-1-2-8-27(35)36/h4,6,11-12,17,20,31H,1-3,5,7-10,13-16,18-19H2,(H,35,36). The summed E-state index contributed by atoms with van der Waals surface area (Å²) in [6, 6.07) is 10.4. The van der Waals surface area contributed by atoms with Crippen LogP contribution in [-0.2, 0) is 22.4 Å². The van der Waals surface area contributed by atoms with E-state index in [2.05, 4.69) is 23.5 Å². The van der Waals surface area contributed by atoms with Crippen LogP contribution >= 0.6 is 11.6 Å². The van der Waals surface area contributed by atoms with E-state index in [1.54, 1.807) is 0 Å². The van der Waals surface area contributed by atoms with Gasteiger partial charge in [-0.1, -0.05) is 35.7 Å². The molecule has 2 aliphatic rings. The van der Waals surface area contributed by atoms with E-state index in [9.17, 15) is 9.59 Å². The van der Waals surface area contributed by atoms with Crippen LogP contribution in [0.4, 0.5) is 0 Å². The van der Waals surface area contributed by atoms with Gasteiger partial charge in [0, 0.05) is 42.7 Å². The highest BCUT2D eigenvalue weighted by Crippen LogP contribution is 2.38. The average molecular weight is 510 g/mol. The van der Waals surface area contributed by atoms with Gasteiger partial charge in [-0.2, -0.15) is 0 Å². The lowest BCUT2D eigenvalue weighted by Crippen LogP contribution is -2.36. The molecule has 1 aliphatic carbocycles. The molecule has 0 atom stereocenters. The third kappa shape index (κ3) is 6.95. The zero-order chi connectivity index (χ0) is 25.3. The molecule has 2 aromatic rings. The van der Waals surface area contributed by atoms with Gasteiger partial charge >= 0.3 is 5.97 Å². The number of pyridine rings is 1. The maximum absolute atomic E-state index is 12.8. The molecule has 4 rings (SSSR count). The van der Waals surface area contributed by atoms with Crippen LogP contribution in [-0.4, -0.2) is 53.0 Å². The maximum atomic E-state index is 12.8. The monoisotopic (exact) mass is 509 g/mol. The fourth-order valence-corrected chi connectivity index (χ4v) is 5.45. The molecule has 0 unspecified atom stereocenters. The Bertz CT molecular complexity index is 1100. The number of amides is 1. The summed E-state index contributed by atoms with van der Waals surface area (Å²) in [4.78, 5) is 30.1. The Balaban J connectivity index is 1.31. The molecule has 1 aliphatic heterocycles. The number of fused-ring (bicyclic) bond motifs is 2. The van der Waals surface area contributed by atoms with Gasteiger partial charge in [-0.25, -0.2) is 0 Å². The molecule has 1 aromatic heterocycles. The van der Waals surface area contributed by atoms with Crippen molar-refractivity contribution < 1.29 is 14.7 Å². The number of benzene rings is 1. The van der Waals surface area contributed by atoms with Crippen molar-refractivity contribution in [1.29, 1.82) is 0 Å². The lowest BCUT2D eigenvalue weighted by molar-refractivity contribution is -0.137. The Hall–Kier alpha value is -2.70. The molecule has 36 heavy (non-hydrogen) atoms. The molecule has 0 saturated carbocycles. The molecule has 6 nitrogen and oxygen atoms in total. The van der Waals surface area contributed by atoms with E-state index in [1.807, 2.05) is 23.2 Å². The van der Waals surface area contributed by atoms with E-state index >= 15 is 0 Å². The zero-order valence-corrected chi connectivity index (χ0v) is 21.7. The molecule has 1 fully saturated rings. The van der Waals surface area contributed by atoms with E-state index in [0.29, 0.717) is 6.42 Å². The molecule has 0 radical (unpaired) electrons. The van der Waals surface area contributed by atoms with Crippen LogP contribution in [0, 0.1) is 0 Å². The van der Waals surface area contributed by atoms with Crippen molar-refractivity contribution in [3.63, 3.8) is 0 Å². The number of carboxylic acids is 1. The Morgan fingerprint density at radius 2 is 1.72 bits per heavy atom. The number of carbonyl (C=O) groups is 2. The quantitative estimate of drug-likeness (QED) is 0.426. The summed E-state index contributed by atoms with van der Waals surface area (Å²) < 4.78 is 0. The first-order valence-corrected chi connectivity index (χ1v) is 13.6. The molecular formula is C29H36ClN3O3. The highest BCUT2D eigenvalue weighted by atomic mass is 35.5. The van der Waals surface area contributed by atoms with Gasteiger partial charge in [0.25, 0.3) is 0 Å². The van der Waals surface area contributed by atoms with Gasteiger partial charge in [0.1, 0.15) is 0 Å². The predicted molar refractivity (Wildman–Crippen MR) is 143 cm³/mol. The minimum Gasteiger partial charge on any atom is -0.481 e. The molecule has 2 N–H and O–H groups in total. The SMILES string of the molecule is O=C(O)CCCCCNCCCC(=O)N1CCC(=C2c3ccc(Cl)cc3CCc3cccnc32)CC1. The van der Waals surface area contributed by atoms with Crippen LogP contribution in [0.3, 0.4) is 0 Å². The zero-order valence-electron chi connectivity index (χ0n) is 20.9. The van der Waals surface area contributed by atoms with Crippen molar-refractivity contribution in [3.05, 3.63) is 69.5 Å². The minimum atomic E-state index is -0.729. The summed E-state index contributed by atoms with van der Waals surface area (Å²) in [5.41, 5.74) is 7.50. The number of halogens is 1. The number of aliphatic carboxylic acids is 1. The topological polar surface area (TPSA) is 82.5 Å². The Kier molecular flexibility index (Phi) is 9.54. The van der Waals surface area contributed by atoms with Gasteiger partial charge < -0.3 is 15.3 Å². The smallest absolute Gasteiger partial charge is 0.303 e. The van der Waals surface area contributed by atoms with Crippen LogP contribution in [0.5, 0.6) is 0 Å². The first kappa shape index (κ1) is 26.4. The number of aromatic nitrogens is 1. The summed E-state index contributed by atoms with van der Waals surface area (Å²) in [7, 11) is 0. The number of unbranched alkanes of at least 4 members (excludes halogenated alkanes) is 2. The molecule has 192 valence electrons. The van der Waals surface area contributed by atoms with Crippen LogP contribution in [0.25, 0.3) is 5.57 Å². The van der Waals surface area contributed by atoms with E-state index in [1.165, 1.54) is 27.8 Å². The van der Waals surface area contributed by atoms with E-state index in [0.717, 1.165) is 88.3 Å². The Morgan fingerprint density at radius 1 is 0.944 bits per heavy atom. The molecular weight excluding hydrogens is 474 g/mol. The van der Waals surface area contributed by atoms with Crippen molar-refractivity contribution in [2.75, 3.05) is 26.2 Å². The summed E-state index contributed by atoms with van der Waals surface area (Å²) >= 11 is 6.33. The molecule has 2 heterocycles. The van der Waals surface area contributed by atoms with Crippen molar-refractivity contribution in [3.8, 4) is 0 Å². The van der Waals surface area contributed by atoms with E-state index in [-0.39, 0.29) is 12.3 Å². The Labute approximate surface area is 218 Å². The third-order valence-corrected chi connectivity index (χ3v) is 7.43. The summed E-state index contributed by atoms with van der Waals surface area (Å²) in [6.07, 6.45) is 9.76. The Morgan fingerprint density at radius 3 is 2.53 bits per heavy atom. The largest absolute Gasteiger partial charge is 0.481 e. The molecule has 1 amide bonds. The van der Waals surface area contributed by atoms with Gasteiger partial charge in [-0.3, -0.25) is 14.6 Å². The van der Waals surface area contributed by atoms with Crippen LogP contribution < -0.4 is 5.32 Å². The molecule has 7 heteroatoms. The number of aryl methyl sites for hydroxylation is 2. The number of hydrogen-bond donors (Lipinski definition) is 2. The molecule has 0 spiro atoms. The highest BCUT2D eigenvalue weighted by Gasteiger charge is 2.26. The van der Waals surface area contributed by atoms with Crippen LogP contribution in [0.1, 0.15) is 73.8 Å². The maximum Gasteiger partial charge on any atom is 0.303 e. The molecule has 1 saturated heterocycles. The summed E-state index contributed by atoms with van der Waals surface area (Å²) in [5.74, 6) is -0.498. The average Bonchev–Trinajstić information content (AvgIpc) is 3.04. The number of nitrogens with zero attached hydrogens (tertiary/aromatic N) is 2. The second-order valence-corrected chi connectivity index (χ2v) is 10.2. The number of nitrogens with one attached hydrogen (secondary N) is 1. The van der Waals surface area contributed by atoms with Crippen molar-refractivity contribution in [1.82, 2.24) is 15.2 Å². The number of rotatable bonds is 10.